The van der Waals surface area contributed by atoms with Gasteiger partial charge < -0.3 is 0 Å². The SMILES string of the molecule is ClC1=C(Cl)C2(Cl)C3CCCCCC3C1(Cl)C2(Cl)Cl. The molecule has 18 heavy (non-hydrogen) atoms. The lowest BCUT2D eigenvalue weighted by molar-refractivity contribution is 0.308. The van der Waals surface area contributed by atoms with Gasteiger partial charge in [0.05, 0.1) is 10.1 Å². The highest BCUT2D eigenvalue weighted by Crippen LogP contribution is 2.77. The van der Waals surface area contributed by atoms with Crippen LogP contribution in [0.2, 0.25) is 0 Å². The number of alkyl halides is 4. The molecule has 4 unspecified atom stereocenters. The van der Waals surface area contributed by atoms with E-state index in [0.717, 1.165) is 25.7 Å². The number of halogens is 6. The molecule has 0 radical (unpaired) electrons. The van der Waals surface area contributed by atoms with E-state index in [0.29, 0.717) is 10.1 Å². The zero-order chi connectivity index (χ0) is 13.3. The average Bonchev–Trinajstić information content (AvgIpc) is 2.60. The normalized spacial score (nSPS) is 50.3. The van der Waals surface area contributed by atoms with Crippen LogP contribution in [0.4, 0.5) is 0 Å². The Morgan fingerprint density at radius 3 is 1.50 bits per heavy atom. The maximum atomic E-state index is 6.75. The smallest absolute Gasteiger partial charge is 0.109 e. The molecule has 0 aromatic rings. The maximum Gasteiger partial charge on any atom is 0.166 e. The Labute approximate surface area is 137 Å². The second kappa shape index (κ2) is 4.24. The topological polar surface area (TPSA) is 0 Å². The highest BCUT2D eigenvalue weighted by Gasteiger charge is 2.81. The van der Waals surface area contributed by atoms with Crippen LogP contribution in [-0.2, 0) is 0 Å². The van der Waals surface area contributed by atoms with Crippen molar-refractivity contribution in [2.45, 2.75) is 46.2 Å². The van der Waals surface area contributed by atoms with E-state index in [4.69, 9.17) is 69.6 Å². The summed E-state index contributed by atoms with van der Waals surface area (Å²) in [5, 5.41) is 0.683. The van der Waals surface area contributed by atoms with Crippen LogP contribution < -0.4 is 0 Å². The Morgan fingerprint density at radius 1 is 0.722 bits per heavy atom. The Balaban J connectivity index is 2.21. The van der Waals surface area contributed by atoms with E-state index in [-0.39, 0.29) is 11.8 Å². The minimum Gasteiger partial charge on any atom is -0.109 e. The molecular weight excluding hydrogens is 357 g/mol. The summed E-state index contributed by atoms with van der Waals surface area (Å²) in [5.41, 5.74) is 0. The van der Waals surface area contributed by atoms with Gasteiger partial charge in [0.25, 0.3) is 0 Å². The van der Waals surface area contributed by atoms with Crippen LogP contribution in [0.5, 0.6) is 0 Å². The molecule has 2 saturated carbocycles. The zero-order valence-electron chi connectivity index (χ0n) is 9.46. The first-order valence-electron chi connectivity index (χ1n) is 6.11. The Morgan fingerprint density at radius 2 is 1.11 bits per heavy atom. The molecular formula is C12H12Cl6. The molecule has 4 atom stereocenters. The van der Waals surface area contributed by atoms with Gasteiger partial charge in [0, 0.05) is 0 Å². The minimum atomic E-state index is -1.34. The van der Waals surface area contributed by atoms with Crippen molar-refractivity contribution >= 4 is 69.6 Å². The predicted molar refractivity (Wildman–Crippen MR) is 80.4 cm³/mol. The Bertz CT molecular complexity index is 394. The highest BCUT2D eigenvalue weighted by atomic mass is 35.5. The summed E-state index contributed by atoms with van der Waals surface area (Å²) in [6, 6.07) is 0. The molecule has 102 valence electrons. The molecule has 0 aromatic carbocycles. The summed E-state index contributed by atoms with van der Waals surface area (Å²) in [4.78, 5) is -2.07. The minimum absolute atomic E-state index is 0.101. The number of hydrogen-bond acceptors (Lipinski definition) is 0. The molecule has 0 heterocycles. The molecule has 3 rings (SSSR count). The summed E-state index contributed by atoms with van der Waals surface area (Å²) in [6.45, 7) is 0. The lowest BCUT2D eigenvalue weighted by Crippen LogP contribution is -2.44. The molecule has 6 heteroatoms. The first-order chi connectivity index (χ1) is 8.29. The molecule has 0 nitrogen and oxygen atoms in total. The third-order valence-corrected chi connectivity index (χ3v) is 9.13. The van der Waals surface area contributed by atoms with Crippen molar-refractivity contribution in [1.82, 2.24) is 0 Å². The molecule has 3 aliphatic rings. The van der Waals surface area contributed by atoms with Gasteiger partial charge >= 0.3 is 0 Å². The first-order valence-corrected chi connectivity index (χ1v) is 8.38. The van der Waals surface area contributed by atoms with Crippen LogP contribution in [0.25, 0.3) is 0 Å². The molecule has 0 spiro atoms. The van der Waals surface area contributed by atoms with E-state index in [9.17, 15) is 0 Å². The molecule has 0 aliphatic heterocycles. The highest BCUT2D eigenvalue weighted by molar-refractivity contribution is 6.65. The van der Waals surface area contributed by atoms with Gasteiger partial charge in [0.15, 0.2) is 4.33 Å². The maximum absolute atomic E-state index is 6.75. The van der Waals surface area contributed by atoms with Crippen LogP contribution >= 0.6 is 69.6 Å². The van der Waals surface area contributed by atoms with Crippen molar-refractivity contribution in [3.05, 3.63) is 10.1 Å². The van der Waals surface area contributed by atoms with E-state index in [1.165, 1.54) is 6.42 Å². The van der Waals surface area contributed by atoms with Crippen molar-refractivity contribution in [2.24, 2.45) is 11.8 Å². The van der Waals surface area contributed by atoms with E-state index in [1.54, 1.807) is 0 Å². The fourth-order valence-electron chi connectivity index (χ4n) is 3.91. The monoisotopic (exact) mass is 366 g/mol. The molecule has 3 aliphatic carbocycles. The van der Waals surface area contributed by atoms with Gasteiger partial charge in [-0.3, -0.25) is 0 Å². The third-order valence-electron chi connectivity index (χ3n) is 4.78. The summed E-state index contributed by atoms with van der Waals surface area (Å²) in [5.74, 6) is 0.202. The van der Waals surface area contributed by atoms with Crippen molar-refractivity contribution in [3.8, 4) is 0 Å². The summed E-state index contributed by atoms with van der Waals surface area (Å²) in [7, 11) is 0. The van der Waals surface area contributed by atoms with Crippen molar-refractivity contribution < 1.29 is 0 Å². The number of fused-ring (bicyclic) bond motifs is 5. The first kappa shape index (κ1) is 14.4. The van der Waals surface area contributed by atoms with Gasteiger partial charge in [-0.05, 0) is 24.7 Å². The van der Waals surface area contributed by atoms with Crippen molar-refractivity contribution in [2.75, 3.05) is 0 Å². The molecule has 0 N–H and O–H groups in total. The van der Waals surface area contributed by atoms with Crippen molar-refractivity contribution in [1.29, 1.82) is 0 Å². The van der Waals surface area contributed by atoms with Gasteiger partial charge in [-0.15, -0.1) is 23.2 Å². The fraction of sp³-hybridized carbons (Fsp3) is 0.833. The van der Waals surface area contributed by atoms with Gasteiger partial charge in [-0.2, -0.15) is 0 Å². The lowest BCUT2D eigenvalue weighted by atomic mass is 9.79. The number of rotatable bonds is 0. The summed E-state index contributed by atoms with van der Waals surface area (Å²) in [6.07, 6.45) is 5.29. The predicted octanol–water partition coefficient (Wildman–Crippen LogP) is 6.03. The molecule has 2 bridgehead atoms. The largest absolute Gasteiger partial charge is 0.166 e. The van der Waals surface area contributed by atoms with Gasteiger partial charge in [0.1, 0.15) is 9.75 Å². The Kier molecular flexibility index (Phi) is 3.40. The van der Waals surface area contributed by atoms with Crippen LogP contribution in [0.3, 0.4) is 0 Å². The molecule has 0 aromatic heterocycles. The Hall–Kier alpha value is 1.48. The van der Waals surface area contributed by atoms with Crippen LogP contribution in [0.15, 0.2) is 10.1 Å². The second-order valence-corrected chi connectivity index (χ2v) is 8.75. The number of hydrogen-bond donors (Lipinski definition) is 0. The standard InChI is InChI=1S/C12H12Cl6/c13-8-9(14)11(16)7-5-3-1-2-4-6(7)10(8,15)12(11,17)18/h6-7H,1-5H2. The van der Waals surface area contributed by atoms with E-state index in [2.05, 4.69) is 0 Å². The average molecular weight is 369 g/mol. The fourth-order valence-corrected chi connectivity index (χ4v) is 7.06. The van der Waals surface area contributed by atoms with E-state index in [1.807, 2.05) is 0 Å². The molecule has 0 amide bonds. The van der Waals surface area contributed by atoms with Gasteiger partial charge in [0.2, 0.25) is 0 Å². The van der Waals surface area contributed by atoms with E-state index < -0.39 is 14.1 Å². The third kappa shape index (κ3) is 1.34. The quantitative estimate of drug-likeness (QED) is 0.458. The van der Waals surface area contributed by atoms with Gasteiger partial charge in [-0.25, -0.2) is 0 Å². The lowest BCUT2D eigenvalue weighted by Gasteiger charge is -2.35. The summed E-state index contributed by atoms with van der Waals surface area (Å²) < 4.78 is -1.34. The molecule has 0 saturated heterocycles. The van der Waals surface area contributed by atoms with Gasteiger partial charge in [-0.1, -0.05) is 65.7 Å². The zero-order valence-corrected chi connectivity index (χ0v) is 14.0. The van der Waals surface area contributed by atoms with Crippen molar-refractivity contribution in [3.63, 3.8) is 0 Å². The van der Waals surface area contributed by atoms with E-state index >= 15 is 0 Å². The summed E-state index contributed by atoms with van der Waals surface area (Å²) >= 11 is 39.2. The second-order valence-electron chi connectivity index (χ2n) is 5.48. The number of allylic oxidation sites excluding steroid dienone is 2. The van der Waals surface area contributed by atoms with Crippen LogP contribution in [0, 0.1) is 11.8 Å². The van der Waals surface area contributed by atoms with Crippen LogP contribution in [-0.4, -0.2) is 14.1 Å². The van der Waals surface area contributed by atoms with Crippen LogP contribution in [0.1, 0.15) is 32.1 Å². The molecule has 2 fully saturated rings.